The predicted octanol–water partition coefficient (Wildman–Crippen LogP) is 3.41. The van der Waals surface area contributed by atoms with E-state index in [2.05, 4.69) is 0 Å². The Morgan fingerprint density at radius 2 is 1.66 bits per heavy atom. The monoisotopic (exact) mass is 483 g/mol. The van der Waals surface area contributed by atoms with Gasteiger partial charge in [0.2, 0.25) is 5.76 Å². The van der Waals surface area contributed by atoms with Crippen LogP contribution >= 0.6 is 0 Å². The number of piperazine rings is 1. The second-order valence-electron chi connectivity index (χ2n) is 7.73. The summed E-state index contributed by atoms with van der Waals surface area (Å²) in [6.07, 6.45) is 0. The Bertz CT molecular complexity index is 1190. The number of hydrogen-bond donors (Lipinski definition) is 0. The molecule has 0 N–H and O–H groups in total. The average molecular weight is 483 g/mol. The van der Waals surface area contributed by atoms with Crippen molar-refractivity contribution >= 4 is 23.3 Å². The number of ether oxygens (including phenoxy) is 2. The highest BCUT2D eigenvalue weighted by atomic mass is 19.1. The van der Waals surface area contributed by atoms with Crippen LogP contribution in [0.4, 0.5) is 15.8 Å². The number of nitrogens with zero attached hydrogens (tertiary/aromatic N) is 3. The van der Waals surface area contributed by atoms with Gasteiger partial charge in [0.25, 0.3) is 11.6 Å². The minimum Gasteiger partial charge on any atom is -0.486 e. The van der Waals surface area contributed by atoms with Crippen LogP contribution in [-0.4, -0.2) is 54.5 Å². The standard InChI is InChI=1S/C24H22FN3O7/c25-17-1-7-20(8-2-17)33-15-21-9-10-22(35-21)24(30)34-16-23(29)27-13-11-26(12-14-27)18-3-5-19(6-4-18)28(31)32/h1-10H,11-16H2. The molecule has 0 atom stereocenters. The van der Waals surface area contributed by atoms with E-state index in [1.54, 1.807) is 23.1 Å². The van der Waals surface area contributed by atoms with Gasteiger partial charge in [0, 0.05) is 44.0 Å². The third-order valence-electron chi connectivity index (χ3n) is 5.44. The molecule has 4 rings (SSSR count). The summed E-state index contributed by atoms with van der Waals surface area (Å²) in [5.41, 5.74) is 0.861. The van der Waals surface area contributed by atoms with E-state index in [-0.39, 0.29) is 29.8 Å². The second-order valence-corrected chi connectivity index (χ2v) is 7.73. The number of rotatable bonds is 8. The van der Waals surface area contributed by atoms with Gasteiger partial charge in [0.1, 0.15) is 23.9 Å². The summed E-state index contributed by atoms with van der Waals surface area (Å²) in [5.74, 6) is -0.704. The van der Waals surface area contributed by atoms with Gasteiger partial charge in [-0.05, 0) is 48.5 Å². The first kappa shape index (κ1) is 23.7. The molecule has 10 nitrogen and oxygen atoms in total. The maximum absolute atomic E-state index is 12.9. The molecule has 1 saturated heterocycles. The zero-order valence-corrected chi connectivity index (χ0v) is 18.6. The third kappa shape index (κ3) is 6.14. The van der Waals surface area contributed by atoms with Crippen molar-refractivity contribution in [2.75, 3.05) is 37.7 Å². The normalized spacial score (nSPS) is 13.4. The molecule has 182 valence electrons. The fourth-order valence-corrected chi connectivity index (χ4v) is 3.54. The van der Waals surface area contributed by atoms with Crippen LogP contribution in [-0.2, 0) is 16.1 Å². The van der Waals surface area contributed by atoms with E-state index in [4.69, 9.17) is 13.9 Å². The number of hydrogen-bond acceptors (Lipinski definition) is 8. The van der Waals surface area contributed by atoms with Gasteiger partial charge in [-0.2, -0.15) is 0 Å². The molecule has 1 fully saturated rings. The van der Waals surface area contributed by atoms with E-state index in [9.17, 15) is 24.1 Å². The van der Waals surface area contributed by atoms with Gasteiger partial charge in [-0.15, -0.1) is 0 Å². The molecule has 0 spiro atoms. The van der Waals surface area contributed by atoms with Crippen LogP contribution in [0.25, 0.3) is 0 Å². The number of halogens is 1. The lowest BCUT2D eigenvalue weighted by atomic mass is 10.2. The molecule has 0 saturated carbocycles. The quantitative estimate of drug-likeness (QED) is 0.272. The number of nitro groups is 1. The number of anilines is 1. The smallest absolute Gasteiger partial charge is 0.374 e. The van der Waals surface area contributed by atoms with Crippen molar-refractivity contribution in [1.29, 1.82) is 0 Å². The van der Waals surface area contributed by atoms with Crippen molar-refractivity contribution in [3.63, 3.8) is 0 Å². The van der Waals surface area contributed by atoms with Crippen LogP contribution in [0.1, 0.15) is 16.3 Å². The Labute approximate surface area is 199 Å². The average Bonchev–Trinajstić information content (AvgIpc) is 3.36. The summed E-state index contributed by atoms with van der Waals surface area (Å²) < 4.78 is 28.9. The zero-order chi connectivity index (χ0) is 24.8. The van der Waals surface area contributed by atoms with Crippen molar-refractivity contribution in [2.24, 2.45) is 0 Å². The highest BCUT2D eigenvalue weighted by molar-refractivity contribution is 5.89. The van der Waals surface area contributed by atoms with Gasteiger partial charge >= 0.3 is 5.97 Å². The largest absolute Gasteiger partial charge is 0.486 e. The molecule has 1 aromatic heterocycles. The lowest BCUT2D eigenvalue weighted by molar-refractivity contribution is -0.384. The van der Waals surface area contributed by atoms with Gasteiger partial charge in [-0.3, -0.25) is 14.9 Å². The summed E-state index contributed by atoms with van der Waals surface area (Å²) in [6.45, 7) is 1.58. The lowest BCUT2D eigenvalue weighted by Gasteiger charge is -2.36. The van der Waals surface area contributed by atoms with Gasteiger partial charge < -0.3 is 23.7 Å². The summed E-state index contributed by atoms with van der Waals surface area (Å²) in [7, 11) is 0. The Morgan fingerprint density at radius 3 is 2.31 bits per heavy atom. The van der Waals surface area contributed by atoms with E-state index in [1.807, 2.05) is 4.90 Å². The number of amides is 1. The van der Waals surface area contributed by atoms with E-state index in [0.29, 0.717) is 37.7 Å². The summed E-state index contributed by atoms with van der Waals surface area (Å²) >= 11 is 0. The van der Waals surface area contributed by atoms with E-state index in [1.165, 1.54) is 42.5 Å². The SMILES string of the molecule is O=C(OCC(=O)N1CCN(c2ccc([N+](=O)[O-])cc2)CC1)c1ccc(COc2ccc(F)cc2)o1. The maximum atomic E-state index is 12.9. The first-order chi connectivity index (χ1) is 16.9. The van der Waals surface area contributed by atoms with Crippen LogP contribution in [0.2, 0.25) is 0 Å². The lowest BCUT2D eigenvalue weighted by Crippen LogP contribution is -2.49. The number of furan rings is 1. The van der Waals surface area contributed by atoms with Crippen molar-refractivity contribution in [2.45, 2.75) is 6.61 Å². The van der Waals surface area contributed by atoms with Crippen LogP contribution in [0.5, 0.6) is 5.75 Å². The number of non-ortho nitro benzene ring substituents is 1. The summed E-state index contributed by atoms with van der Waals surface area (Å²) in [4.78, 5) is 38.7. The number of carbonyl (C=O) groups is 2. The topological polar surface area (TPSA) is 115 Å². The fourth-order valence-electron chi connectivity index (χ4n) is 3.54. The number of nitro benzene ring substituents is 1. The van der Waals surface area contributed by atoms with E-state index in [0.717, 1.165) is 5.69 Å². The van der Waals surface area contributed by atoms with Gasteiger partial charge in [-0.25, -0.2) is 9.18 Å². The van der Waals surface area contributed by atoms with Gasteiger partial charge in [-0.1, -0.05) is 0 Å². The number of benzene rings is 2. The molecule has 0 unspecified atom stereocenters. The molecule has 0 radical (unpaired) electrons. The van der Waals surface area contributed by atoms with Crippen molar-refractivity contribution in [1.82, 2.24) is 4.90 Å². The molecule has 35 heavy (non-hydrogen) atoms. The Balaban J connectivity index is 1.20. The van der Waals surface area contributed by atoms with E-state index >= 15 is 0 Å². The van der Waals surface area contributed by atoms with Crippen molar-refractivity contribution < 1.29 is 32.8 Å². The molecule has 1 amide bonds. The van der Waals surface area contributed by atoms with Gasteiger partial charge in [0.05, 0.1) is 4.92 Å². The van der Waals surface area contributed by atoms with Crippen LogP contribution in [0.3, 0.4) is 0 Å². The highest BCUT2D eigenvalue weighted by Crippen LogP contribution is 2.21. The third-order valence-corrected chi connectivity index (χ3v) is 5.44. The number of esters is 1. The first-order valence-corrected chi connectivity index (χ1v) is 10.8. The zero-order valence-electron chi connectivity index (χ0n) is 18.6. The summed E-state index contributed by atoms with van der Waals surface area (Å²) in [6, 6.07) is 14.7. The Kier molecular flexibility index (Phi) is 7.24. The molecule has 0 bridgehead atoms. The molecule has 1 aliphatic heterocycles. The fraction of sp³-hybridized carbons (Fsp3) is 0.250. The van der Waals surface area contributed by atoms with E-state index < -0.39 is 17.5 Å². The molecule has 0 aliphatic carbocycles. The van der Waals surface area contributed by atoms with Crippen LogP contribution in [0.15, 0.2) is 65.1 Å². The van der Waals surface area contributed by atoms with Gasteiger partial charge in [0.15, 0.2) is 6.61 Å². The molecule has 11 heteroatoms. The predicted molar refractivity (Wildman–Crippen MR) is 122 cm³/mol. The van der Waals surface area contributed by atoms with Crippen molar-refractivity contribution in [3.05, 3.63) is 88.1 Å². The molecular weight excluding hydrogens is 461 g/mol. The molecule has 2 aromatic carbocycles. The summed E-state index contributed by atoms with van der Waals surface area (Å²) in [5, 5.41) is 10.8. The number of carbonyl (C=O) groups excluding carboxylic acids is 2. The Morgan fingerprint density at radius 1 is 0.971 bits per heavy atom. The minimum atomic E-state index is -0.768. The molecule has 1 aliphatic rings. The first-order valence-electron chi connectivity index (χ1n) is 10.8. The van der Waals surface area contributed by atoms with Crippen LogP contribution < -0.4 is 9.64 Å². The van der Waals surface area contributed by atoms with Crippen LogP contribution in [0, 0.1) is 15.9 Å². The second kappa shape index (κ2) is 10.7. The molecule has 3 aromatic rings. The molecule has 2 heterocycles. The Hall–Kier alpha value is -4.41. The highest BCUT2D eigenvalue weighted by Gasteiger charge is 2.23. The van der Waals surface area contributed by atoms with Crippen molar-refractivity contribution in [3.8, 4) is 5.75 Å². The maximum Gasteiger partial charge on any atom is 0.374 e. The molecular formula is C24H22FN3O7. The minimum absolute atomic E-state index is 0.0217.